The molecule has 0 amide bonds. The molecule has 0 saturated carbocycles. The number of nitrogens with zero attached hydrogens (tertiary/aromatic N) is 3. The topological polar surface area (TPSA) is 110 Å². The quantitative estimate of drug-likeness (QED) is 0.563. The van der Waals surface area contributed by atoms with Crippen molar-refractivity contribution in [1.29, 1.82) is 0 Å². The summed E-state index contributed by atoms with van der Waals surface area (Å²) in [4.78, 5) is 11.8. The lowest BCUT2D eigenvalue weighted by atomic mass is 10.1. The molecule has 26 heavy (non-hydrogen) atoms. The van der Waals surface area contributed by atoms with Gasteiger partial charge in [-0.05, 0) is 30.2 Å². The van der Waals surface area contributed by atoms with E-state index < -0.39 is 22.0 Å². The highest BCUT2D eigenvalue weighted by Crippen LogP contribution is 2.18. The minimum Gasteiger partial charge on any atom is -0.468 e. The van der Waals surface area contributed by atoms with Crippen LogP contribution < -0.4 is 4.72 Å². The highest BCUT2D eigenvalue weighted by Gasteiger charge is 2.29. The van der Waals surface area contributed by atoms with Gasteiger partial charge in [-0.1, -0.05) is 19.1 Å². The van der Waals surface area contributed by atoms with E-state index in [2.05, 4.69) is 19.8 Å². The smallest absolute Gasteiger partial charge is 0.324 e. The third-order valence-corrected chi connectivity index (χ3v) is 5.28. The Morgan fingerprint density at radius 3 is 2.38 bits per heavy atom. The number of nitrogens with one attached hydrogen (secondary N) is 1. The van der Waals surface area contributed by atoms with Gasteiger partial charge in [-0.15, -0.1) is 5.11 Å². The van der Waals surface area contributed by atoms with E-state index in [4.69, 9.17) is 4.74 Å². The fourth-order valence-corrected chi connectivity index (χ4v) is 3.60. The third kappa shape index (κ3) is 5.48. The highest BCUT2D eigenvalue weighted by atomic mass is 32.2. The summed E-state index contributed by atoms with van der Waals surface area (Å²) in [6.45, 7) is 6.03. The molecule has 0 spiro atoms. The van der Waals surface area contributed by atoms with Gasteiger partial charge in [0.15, 0.2) is 0 Å². The second-order valence-electron chi connectivity index (χ2n) is 6.12. The molecule has 1 fully saturated rings. The summed E-state index contributed by atoms with van der Waals surface area (Å²) in [6.07, 6.45) is 0. The van der Waals surface area contributed by atoms with E-state index in [9.17, 15) is 13.2 Å². The molecule has 1 saturated heterocycles. The average Bonchev–Trinajstić information content (AvgIpc) is 2.65. The molecule has 1 atom stereocenters. The van der Waals surface area contributed by atoms with E-state index in [1.54, 1.807) is 31.0 Å². The standard InChI is InChI=1S/C16H24N4O5S/c1-12(2)15(16(21)24-3)18-26(22,23)14-6-4-13(5-7-14)17-19-20-8-10-25-11-9-20/h4-7,12,15,18H,8-11H2,1-3H3/t15-/m0/s1. The normalized spacial score (nSPS) is 16.8. The zero-order valence-corrected chi connectivity index (χ0v) is 15.9. The summed E-state index contributed by atoms with van der Waals surface area (Å²) in [5.74, 6) is -0.877. The van der Waals surface area contributed by atoms with Crippen molar-refractivity contribution in [2.24, 2.45) is 16.3 Å². The molecule has 1 aliphatic rings. The molecule has 0 bridgehead atoms. The summed E-state index contributed by atoms with van der Waals surface area (Å²) < 4.78 is 37.2. The number of hydrogen-bond acceptors (Lipinski definition) is 7. The van der Waals surface area contributed by atoms with Crippen LogP contribution in [0.2, 0.25) is 0 Å². The molecule has 1 aromatic carbocycles. The molecule has 1 aliphatic heterocycles. The molecule has 0 aromatic heterocycles. The van der Waals surface area contributed by atoms with Crippen LogP contribution in [0.3, 0.4) is 0 Å². The maximum atomic E-state index is 12.5. The maximum absolute atomic E-state index is 12.5. The summed E-state index contributed by atoms with van der Waals surface area (Å²) >= 11 is 0. The van der Waals surface area contributed by atoms with Gasteiger partial charge >= 0.3 is 5.97 Å². The van der Waals surface area contributed by atoms with E-state index >= 15 is 0 Å². The zero-order valence-electron chi connectivity index (χ0n) is 15.1. The molecule has 10 heteroatoms. The van der Waals surface area contributed by atoms with Gasteiger partial charge < -0.3 is 9.47 Å². The van der Waals surface area contributed by atoms with Crippen LogP contribution in [-0.4, -0.2) is 58.9 Å². The fraction of sp³-hybridized carbons (Fsp3) is 0.562. The van der Waals surface area contributed by atoms with Crippen LogP contribution >= 0.6 is 0 Å². The van der Waals surface area contributed by atoms with Crippen molar-refractivity contribution in [1.82, 2.24) is 9.73 Å². The van der Waals surface area contributed by atoms with Gasteiger partial charge in [0.25, 0.3) is 0 Å². The second-order valence-corrected chi connectivity index (χ2v) is 7.83. The Bertz CT molecular complexity index is 728. The molecular formula is C16H24N4O5S. The Morgan fingerprint density at radius 2 is 1.85 bits per heavy atom. The van der Waals surface area contributed by atoms with E-state index in [-0.39, 0.29) is 10.8 Å². The summed E-state index contributed by atoms with van der Waals surface area (Å²) in [5.41, 5.74) is 0.531. The first kappa shape index (κ1) is 20.3. The van der Waals surface area contributed by atoms with E-state index in [1.807, 2.05) is 0 Å². The van der Waals surface area contributed by atoms with Crippen molar-refractivity contribution in [2.75, 3.05) is 33.4 Å². The Kier molecular flexibility index (Phi) is 7.06. The molecule has 144 valence electrons. The number of methoxy groups -OCH3 is 1. The molecule has 2 rings (SSSR count). The summed E-state index contributed by atoms with van der Waals surface area (Å²) in [6, 6.07) is 5.00. The first-order valence-electron chi connectivity index (χ1n) is 8.28. The predicted octanol–water partition coefficient (Wildman–Crippen LogP) is 1.49. The molecule has 9 nitrogen and oxygen atoms in total. The number of hydrogen-bond donors (Lipinski definition) is 1. The van der Waals surface area contributed by atoms with Crippen molar-refractivity contribution in [3.8, 4) is 0 Å². The Morgan fingerprint density at radius 1 is 1.23 bits per heavy atom. The maximum Gasteiger partial charge on any atom is 0.324 e. The van der Waals surface area contributed by atoms with Crippen LogP contribution in [0, 0.1) is 5.92 Å². The van der Waals surface area contributed by atoms with E-state index in [0.717, 1.165) is 0 Å². The Hall–Kier alpha value is -2.04. The van der Waals surface area contributed by atoms with Crippen molar-refractivity contribution in [2.45, 2.75) is 24.8 Å². The second kappa shape index (κ2) is 9.06. The minimum absolute atomic E-state index is 0.0392. The lowest BCUT2D eigenvalue weighted by Gasteiger charge is -2.22. The molecule has 0 unspecified atom stereocenters. The largest absolute Gasteiger partial charge is 0.468 e. The van der Waals surface area contributed by atoms with Gasteiger partial charge in [0.05, 0.1) is 44.0 Å². The number of rotatable bonds is 7. The van der Waals surface area contributed by atoms with Gasteiger partial charge in [-0.3, -0.25) is 9.80 Å². The zero-order chi connectivity index (χ0) is 19.2. The molecule has 1 aromatic rings. The molecule has 1 heterocycles. The summed E-state index contributed by atoms with van der Waals surface area (Å²) in [7, 11) is -2.64. The number of sulfonamides is 1. The van der Waals surface area contributed by atoms with Crippen LogP contribution in [0.5, 0.6) is 0 Å². The van der Waals surface area contributed by atoms with Crippen molar-refractivity contribution in [3.05, 3.63) is 24.3 Å². The van der Waals surface area contributed by atoms with Crippen molar-refractivity contribution < 1.29 is 22.7 Å². The molecule has 0 radical (unpaired) electrons. The summed E-state index contributed by atoms with van der Waals surface area (Å²) in [5, 5.41) is 9.98. The lowest BCUT2D eigenvalue weighted by Crippen LogP contribution is -2.44. The van der Waals surface area contributed by atoms with E-state index in [1.165, 1.54) is 19.2 Å². The number of ether oxygens (including phenoxy) is 2. The van der Waals surface area contributed by atoms with Crippen LogP contribution in [0.4, 0.5) is 5.69 Å². The van der Waals surface area contributed by atoms with Crippen LogP contribution in [0.25, 0.3) is 0 Å². The Balaban J connectivity index is 2.07. The lowest BCUT2D eigenvalue weighted by molar-refractivity contribution is -0.143. The third-order valence-electron chi connectivity index (χ3n) is 3.83. The van der Waals surface area contributed by atoms with Gasteiger partial charge in [0, 0.05) is 0 Å². The van der Waals surface area contributed by atoms with Crippen molar-refractivity contribution >= 4 is 21.7 Å². The van der Waals surface area contributed by atoms with Gasteiger partial charge in [-0.2, -0.15) is 4.72 Å². The van der Waals surface area contributed by atoms with Crippen molar-refractivity contribution in [3.63, 3.8) is 0 Å². The van der Waals surface area contributed by atoms with Crippen LogP contribution in [-0.2, 0) is 24.3 Å². The predicted molar refractivity (Wildman–Crippen MR) is 94.3 cm³/mol. The fourth-order valence-electron chi connectivity index (χ4n) is 2.27. The number of esters is 1. The highest BCUT2D eigenvalue weighted by molar-refractivity contribution is 7.89. The van der Waals surface area contributed by atoms with Crippen LogP contribution in [0.1, 0.15) is 13.8 Å². The molecule has 0 aliphatic carbocycles. The first-order valence-corrected chi connectivity index (χ1v) is 9.76. The molecular weight excluding hydrogens is 360 g/mol. The number of morpholine rings is 1. The molecule has 1 N–H and O–H groups in total. The van der Waals surface area contributed by atoms with Gasteiger partial charge in [0.2, 0.25) is 10.0 Å². The average molecular weight is 384 g/mol. The number of carbonyl (C=O) groups excluding carboxylic acids is 1. The Labute approximate surface area is 153 Å². The SMILES string of the molecule is COC(=O)[C@@H](NS(=O)(=O)c1ccc(N=NN2CCOCC2)cc1)C(C)C. The van der Waals surface area contributed by atoms with Gasteiger partial charge in [-0.25, -0.2) is 8.42 Å². The number of carbonyl (C=O) groups is 1. The van der Waals surface area contributed by atoms with Crippen LogP contribution in [0.15, 0.2) is 39.5 Å². The first-order chi connectivity index (χ1) is 12.3. The monoisotopic (exact) mass is 384 g/mol. The van der Waals surface area contributed by atoms with E-state index in [0.29, 0.717) is 32.0 Å². The van der Waals surface area contributed by atoms with Gasteiger partial charge in [0.1, 0.15) is 6.04 Å². The minimum atomic E-state index is -3.86. The number of benzene rings is 1.